The van der Waals surface area contributed by atoms with Gasteiger partial charge in [0.05, 0.1) is 24.5 Å². The van der Waals surface area contributed by atoms with E-state index >= 15 is 0 Å². The smallest absolute Gasteiger partial charge is 0.254 e. The normalized spacial score (nSPS) is 11.9. The summed E-state index contributed by atoms with van der Waals surface area (Å²) in [5.41, 5.74) is 0.428. The van der Waals surface area contributed by atoms with Crippen LogP contribution < -0.4 is 10.6 Å². The summed E-state index contributed by atoms with van der Waals surface area (Å²) in [4.78, 5) is 22.9. The van der Waals surface area contributed by atoms with E-state index in [1.54, 1.807) is 6.07 Å². The van der Waals surface area contributed by atoms with Crippen LogP contribution >= 0.6 is 0 Å². The Labute approximate surface area is 105 Å². The summed E-state index contributed by atoms with van der Waals surface area (Å²) >= 11 is 0. The van der Waals surface area contributed by atoms with Crippen LogP contribution in [0.3, 0.4) is 0 Å². The lowest BCUT2D eigenvalue weighted by atomic mass is 10.2. The van der Waals surface area contributed by atoms with Gasteiger partial charge in [-0.1, -0.05) is 6.92 Å². The van der Waals surface area contributed by atoms with E-state index in [9.17, 15) is 9.59 Å². The fraction of sp³-hybridized carbons (Fsp3) is 0.500. The first-order chi connectivity index (χ1) is 8.67. The molecule has 0 aliphatic heterocycles. The third kappa shape index (κ3) is 4.58. The van der Waals surface area contributed by atoms with Crippen molar-refractivity contribution in [2.75, 3.05) is 13.2 Å². The quantitative estimate of drug-likeness (QED) is 0.652. The number of hydrogen-bond donors (Lipinski definition) is 3. The molecule has 0 bridgehead atoms. The van der Waals surface area contributed by atoms with Crippen LogP contribution in [0.5, 0.6) is 0 Å². The van der Waals surface area contributed by atoms with Crippen LogP contribution in [0.1, 0.15) is 30.1 Å². The third-order valence-electron chi connectivity index (χ3n) is 2.50. The molecule has 0 saturated heterocycles. The Morgan fingerprint density at radius 2 is 2.28 bits per heavy atom. The first kappa shape index (κ1) is 14.2. The average molecular weight is 254 g/mol. The number of nitrogens with one attached hydrogen (secondary N) is 2. The van der Waals surface area contributed by atoms with Gasteiger partial charge in [0.15, 0.2) is 0 Å². The standard InChI is InChI=1S/C12H18N2O4/c1-2-10(7-15)14-11(16)3-5-13-12(17)9-4-6-18-8-9/h4,6,8,10,15H,2-3,5,7H2,1H3,(H,13,17)(H,14,16)/t10-/m1/s1. The zero-order chi connectivity index (χ0) is 13.4. The Bertz CT molecular complexity index is 371. The van der Waals surface area contributed by atoms with Crippen LogP contribution in [0.4, 0.5) is 0 Å². The number of hydrogen-bond acceptors (Lipinski definition) is 4. The predicted octanol–water partition coefficient (Wildman–Crippen LogP) is 0.287. The van der Waals surface area contributed by atoms with Gasteiger partial charge in [0.2, 0.25) is 5.91 Å². The minimum atomic E-state index is -0.272. The Balaban J connectivity index is 2.21. The third-order valence-corrected chi connectivity index (χ3v) is 2.50. The SMILES string of the molecule is CC[C@H](CO)NC(=O)CCNC(=O)c1ccoc1. The van der Waals surface area contributed by atoms with Crippen molar-refractivity contribution in [3.05, 3.63) is 24.2 Å². The van der Waals surface area contributed by atoms with Gasteiger partial charge in [0, 0.05) is 13.0 Å². The van der Waals surface area contributed by atoms with E-state index in [1.807, 2.05) is 6.92 Å². The molecule has 0 aliphatic rings. The molecule has 6 heteroatoms. The van der Waals surface area contributed by atoms with Gasteiger partial charge in [-0.3, -0.25) is 9.59 Å². The zero-order valence-corrected chi connectivity index (χ0v) is 10.3. The number of amides is 2. The van der Waals surface area contributed by atoms with Crippen LogP contribution in [-0.2, 0) is 4.79 Å². The fourth-order valence-electron chi connectivity index (χ4n) is 1.36. The molecule has 0 aliphatic carbocycles. The minimum absolute atomic E-state index is 0.0797. The molecule has 0 fully saturated rings. The van der Waals surface area contributed by atoms with Gasteiger partial charge in [0.1, 0.15) is 6.26 Å². The van der Waals surface area contributed by atoms with Crippen molar-refractivity contribution in [1.29, 1.82) is 0 Å². The van der Waals surface area contributed by atoms with E-state index in [1.165, 1.54) is 12.5 Å². The lowest BCUT2D eigenvalue weighted by Crippen LogP contribution is -2.38. The number of rotatable bonds is 7. The summed E-state index contributed by atoms with van der Waals surface area (Å²) in [6.07, 6.45) is 3.60. The van der Waals surface area contributed by atoms with E-state index in [-0.39, 0.29) is 37.4 Å². The molecule has 0 unspecified atom stereocenters. The molecule has 3 N–H and O–H groups in total. The fourth-order valence-corrected chi connectivity index (χ4v) is 1.36. The van der Waals surface area contributed by atoms with Gasteiger partial charge in [-0.05, 0) is 12.5 Å². The van der Waals surface area contributed by atoms with Crippen LogP contribution in [0.15, 0.2) is 23.0 Å². The maximum absolute atomic E-state index is 11.5. The van der Waals surface area contributed by atoms with Crippen molar-refractivity contribution in [1.82, 2.24) is 10.6 Å². The molecule has 0 aromatic carbocycles. The van der Waals surface area contributed by atoms with Crippen LogP contribution in [0.25, 0.3) is 0 Å². The molecule has 1 atom stereocenters. The highest BCUT2D eigenvalue weighted by molar-refractivity contribution is 5.94. The van der Waals surface area contributed by atoms with Crippen molar-refractivity contribution in [3.63, 3.8) is 0 Å². The molecule has 0 spiro atoms. The van der Waals surface area contributed by atoms with E-state index in [4.69, 9.17) is 9.52 Å². The first-order valence-corrected chi connectivity index (χ1v) is 5.88. The zero-order valence-electron chi connectivity index (χ0n) is 10.3. The van der Waals surface area contributed by atoms with Crippen molar-refractivity contribution in [2.24, 2.45) is 0 Å². The van der Waals surface area contributed by atoms with Gasteiger partial charge < -0.3 is 20.2 Å². The highest BCUT2D eigenvalue weighted by Crippen LogP contribution is 1.99. The summed E-state index contributed by atoms with van der Waals surface area (Å²) in [6, 6.07) is 1.33. The minimum Gasteiger partial charge on any atom is -0.472 e. The molecule has 1 aromatic rings. The molecule has 18 heavy (non-hydrogen) atoms. The molecule has 0 saturated carbocycles. The Hall–Kier alpha value is -1.82. The van der Waals surface area contributed by atoms with Crippen molar-refractivity contribution in [2.45, 2.75) is 25.8 Å². The lowest BCUT2D eigenvalue weighted by Gasteiger charge is -2.13. The average Bonchev–Trinajstić information content (AvgIpc) is 2.89. The van der Waals surface area contributed by atoms with E-state index in [2.05, 4.69) is 10.6 Å². The highest BCUT2D eigenvalue weighted by Gasteiger charge is 2.10. The first-order valence-electron chi connectivity index (χ1n) is 5.88. The summed E-state index contributed by atoms with van der Waals surface area (Å²) < 4.78 is 4.78. The summed E-state index contributed by atoms with van der Waals surface area (Å²) in [6.45, 7) is 2.04. The molecule has 0 radical (unpaired) electrons. The Morgan fingerprint density at radius 3 is 2.83 bits per heavy atom. The maximum Gasteiger partial charge on any atom is 0.254 e. The van der Waals surface area contributed by atoms with Gasteiger partial charge in [-0.2, -0.15) is 0 Å². The lowest BCUT2D eigenvalue weighted by molar-refractivity contribution is -0.122. The molecule has 100 valence electrons. The highest BCUT2D eigenvalue weighted by atomic mass is 16.3. The van der Waals surface area contributed by atoms with Gasteiger partial charge in [-0.25, -0.2) is 0 Å². The molecule has 1 rings (SSSR count). The van der Waals surface area contributed by atoms with Crippen LogP contribution in [0.2, 0.25) is 0 Å². The van der Waals surface area contributed by atoms with E-state index in [0.29, 0.717) is 12.0 Å². The van der Waals surface area contributed by atoms with Gasteiger partial charge >= 0.3 is 0 Å². The Morgan fingerprint density at radius 1 is 1.50 bits per heavy atom. The second-order valence-electron chi connectivity index (χ2n) is 3.87. The molecular weight excluding hydrogens is 236 g/mol. The number of aliphatic hydroxyl groups excluding tert-OH is 1. The number of carbonyl (C=O) groups excluding carboxylic acids is 2. The largest absolute Gasteiger partial charge is 0.472 e. The molecular formula is C12H18N2O4. The monoisotopic (exact) mass is 254 g/mol. The predicted molar refractivity (Wildman–Crippen MR) is 65.0 cm³/mol. The number of furan rings is 1. The number of aliphatic hydroxyl groups is 1. The molecule has 2 amide bonds. The van der Waals surface area contributed by atoms with Crippen molar-refractivity contribution >= 4 is 11.8 Å². The second-order valence-corrected chi connectivity index (χ2v) is 3.87. The van der Waals surface area contributed by atoms with Gasteiger partial charge in [-0.15, -0.1) is 0 Å². The van der Waals surface area contributed by atoms with E-state index < -0.39 is 0 Å². The van der Waals surface area contributed by atoms with Crippen molar-refractivity contribution in [3.8, 4) is 0 Å². The topological polar surface area (TPSA) is 91.6 Å². The summed E-state index contributed by atoms with van der Waals surface area (Å²) in [5, 5.41) is 14.2. The second kappa shape index (κ2) is 7.50. The molecule has 1 aromatic heterocycles. The van der Waals surface area contributed by atoms with E-state index in [0.717, 1.165) is 0 Å². The number of carbonyl (C=O) groups is 2. The van der Waals surface area contributed by atoms with Crippen LogP contribution in [-0.4, -0.2) is 36.1 Å². The summed E-state index contributed by atoms with van der Waals surface area (Å²) in [7, 11) is 0. The van der Waals surface area contributed by atoms with Crippen LogP contribution in [0, 0.1) is 0 Å². The molecule has 1 heterocycles. The van der Waals surface area contributed by atoms with Gasteiger partial charge in [0.25, 0.3) is 5.91 Å². The Kier molecular flexibility index (Phi) is 5.93. The maximum atomic E-state index is 11.5. The molecule has 6 nitrogen and oxygen atoms in total. The van der Waals surface area contributed by atoms with Crippen molar-refractivity contribution < 1.29 is 19.1 Å². The summed E-state index contributed by atoms with van der Waals surface area (Å²) in [5.74, 6) is -0.464.